The molecular formula is C16H22ClN3O4. The van der Waals surface area contributed by atoms with Crippen LogP contribution < -0.4 is 15.4 Å². The van der Waals surface area contributed by atoms with Gasteiger partial charge in [0.05, 0.1) is 17.7 Å². The fraction of sp³-hybridized carbons (Fsp3) is 0.500. The molecular weight excluding hydrogens is 334 g/mol. The van der Waals surface area contributed by atoms with Crippen LogP contribution in [0.15, 0.2) is 18.2 Å². The molecule has 1 saturated heterocycles. The normalized spacial score (nSPS) is 20.3. The highest BCUT2D eigenvalue weighted by Crippen LogP contribution is 2.28. The first-order valence-corrected chi connectivity index (χ1v) is 8.04. The summed E-state index contributed by atoms with van der Waals surface area (Å²) in [5.41, 5.74) is 0.552. The topological polar surface area (TPSA) is 79.9 Å². The summed E-state index contributed by atoms with van der Waals surface area (Å²) in [5.74, 6) is 0.0351. The Balaban J connectivity index is 1.96. The van der Waals surface area contributed by atoms with Gasteiger partial charge in [-0.15, -0.1) is 0 Å². The summed E-state index contributed by atoms with van der Waals surface area (Å²) in [4.78, 5) is 25.2. The van der Waals surface area contributed by atoms with Gasteiger partial charge in [-0.25, -0.2) is 0 Å². The van der Waals surface area contributed by atoms with Crippen LogP contribution in [0, 0.1) is 0 Å². The van der Waals surface area contributed by atoms with Crippen molar-refractivity contribution in [2.45, 2.75) is 19.1 Å². The first-order chi connectivity index (χ1) is 11.4. The third-order valence-corrected chi connectivity index (χ3v) is 3.94. The summed E-state index contributed by atoms with van der Waals surface area (Å²) in [5, 5.41) is 6.24. The molecule has 0 bridgehead atoms. The third-order valence-electron chi connectivity index (χ3n) is 3.65. The van der Waals surface area contributed by atoms with E-state index in [2.05, 4.69) is 10.6 Å². The Morgan fingerprint density at radius 3 is 2.83 bits per heavy atom. The van der Waals surface area contributed by atoms with Crippen molar-refractivity contribution < 1.29 is 19.1 Å². The SMILES string of the molecule is C[C@H]1OCCN[C@@H]1C(=O)Nc1ccc(OCC(=O)N(C)C)c(Cl)c1. The average molecular weight is 356 g/mol. The number of morpholine rings is 1. The molecule has 132 valence electrons. The van der Waals surface area contributed by atoms with Crippen LogP contribution in [0.25, 0.3) is 0 Å². The van der Waals surface area contributed by atoms with Gasteiger partial charge in [-0.05, 0) is 25.1 Å². The van der Waals surface area contributed by atoms with Crippen LogP contribution in [-0.2, 0) is 14.3 Å². The summed E-state index contributed by atoms with van der Waals surface area (Å²) in [7, 11) is 3.30. The van der Waals surface area contributed by atoms with E-state index in [0.717, 1.165) is 0 Å². The Labute approximate surface area is 146 Å². The van der Waals surface area contributed by atoms with Crippen molar-refractivity contribution in [1.82, 2.24) is 10.2 Å². The molecule has 8 heteroatoms. The molecule has 0 radical (unpaired) electrons. The lowest BCUT2D eigenvalue weighted by Crippen LogP contribution is -2.53. The van der Waals surface area contributed by atoms with Gasteiger partial charge in [0.1, 0.15) is 11.8 Å². The molecule has 2 atom stereocenters. The van der Waals surface area contributed by atoms with Crippen molar-refractivity contribution in [2.75, 3.05) is 39.2 Å². The van der Waals surface area contributed by atoms with Gasteiger partial charge in [0.15, 0.2) is 6.61 Å². The molecule has 2 N–H and O–H groups in total. The van der Waals surface area contributed by atoms with Crippen molar-refractivity contribution in [1.29, 1.82) is 0 Å². The Bertz CT molecular complexity index is 609. The summed E-state index contributed by atoms with van der Waals surface area (Å²) in [6.07, 6.45) is -0.200. The number of nitrogens with one attached hydrogen (secondary N) is 2. The zero-order valence-electron chi connectivity index (χ0n) is 14.0. The van der Waals surface area contributed by atoms with Gasteiger partial charge >= 0.3 is 0 Å². The highest BCUT2D eigenvalue weighted by molar-refractivity contribution is 6.32. The number of amides is 2. The molecule has 1 aromatic rings. The minimum atomic E-state index is -0.411. The molecule has 2 rings (SSSR count). The number of hydrogen-bond acceptors (Lipinski definition) is 5. The monoisotopic (exact) mass is 355 g/mol. The van der Waals surface area contributed by atoms with E-state index in [9.17, 15) is 9.59 Å². The second-order valence-corrected chi connectivity index (χ2v) is 6.13. The highest BCUT2D eigenvalue weighted by Gasteiger charge is 2.28. The minimum absolute atomic E-state index is 0.0979. The van der Waals surface area contributed by atoms with Crippen LogP contribution in [0.2, 0.25) is 5.02 Å². The quantitative estimate of drug-likeness (QED) is 0.827. The van der Waals surface area contributed by atoms with E-state index >= 15 is 0 Å². The number of nitrogens with zero attached hydrogens (tertiary/aromatic N) is 1. The molecule has 0 unspecified atom stereocenters. The van der Waals surface area contributed by atoms with E-state index in [0.29, 0.717) is 29.6 Å². The van der Waals surface area contributed by atoms with Crippen molar-refractivity contribution in [3.05, 3.63) is 23.2 Å². The molecule has 1 aromatic carbocycles. The lowest BCUT2D eigenvalue weighted by atomic mass is 10.1. The van der Waals surface area contributed by atoms with Crippen LogP contribution in [0.5, 0.6) is 5.75 Å². The van der Waals surface area contributed by atoms with Crippen LogP contribution in [0.4, 0.5) is 5.69 Å². The van der Waals surface area contributed by atoms with E-state index in [1.807, 2.05) is 6.92 Å². The van der Waals surface area contributed by atoms with E-state index in [4.69, 9.17) is 21.1 Å². The van der Waals surface area contributed by atoms with Crippen LogP contribution in [0.1, 0.15) is 6.92 Å². The molecule has 0 aliphatic carbocycles. The van der Waals surface area contributed by atoms with E-state index in [1.165, 1.54) is 4.90 Å². The van der Waals surface area contributed by atoms with Crippen molar-refractivity contribution >= 4 is 29.1 Å². The van der Waals surface area contributed by atoms with Crippen molar-refractivity contribution in [2.24, 2.45) is 0 Å². The molecule has 1 fully saturated rings. The molecule has 24 heavy (non-hydrogen) atoms. The fourth-order valence-corrected chi connectivity index (χ4v) is 2.45. The molecule has 0 saturated carbocycles. The van der Waals surface area contributed by atoms with Gasteiger partial charge in [0, 0.05) is 26.3 Å². The third kappa shape index (κ3) is 4.83. The molecule has 0 aromatic heterocycles. The number of carbonyl (C=O) groups excluding carboxylic acids is 2. The maximum absolute atomic E-state index is 12.3. The number of anilines is 1. The second-order valence-electron chi connectivity index (χ2n) is 5.72. The Hall–Kier alpha value is -1.83. The Morgan fingerprint density at radius 1 is 1.46 bits per heavy atom. The van der Waals surface area contributed by atoms with Gasteiger partial charge in [-0.3, -0.25) is 9.59 Å². The predicted molar refractivity (Wildman–Crippen MR) is 91.5 cm³/mol. The zero-order valence-corrected chi connectivity index (χ0v) is 14.7. The second kappa shape index (κ2) is 8.32. The molecule has 2 amide bonds. The van der Waals surface area contributed by atoms with Crippen LogP contribution in [0.3, 0.4) is 0 Å². The maximum Gasteiger partial charge on any atom is 0.259 e. The first kappa shape index (κ1) is 18.5. The number of benzene rings is 1. The van der Waals surface area contributed by atoms with Crippen molar-refractivity contribution in [3.8, 4) is 5.75 Å². The number of rotatable bonds is 5. The summed E-state index contributed by atoms with van der Waals surface area (Å²) < 4.78 is 10.8. The molecule has 1 aliphatic rings. The Kier molecular flexibility index (Phi) is 6.42. The predicted octanol–water partition coefficient (Wildman–Crippen LogP) is 1.12. The number of carbonyl (C=O) groups is 2. The number of halogens is 1. The van der Waals surface area contributed by atoms with E-state index in [1.54, 1.807) is 32.3 Å². The molecule has 0 spiro atoms. The Morgan fingerprint density at radius 2 is 2.21 bits per heavy atom. The highest BCUT2D eigenvalue weighted by atomic mass is 35.5. The number of hydrogen-bond donors (Lipinski definition) is 2. The molecule has 7 nitrogen and oxygen atoms in total. The van der Waals surface area contributed by atoms with Gasteiger partial charge in [-0.1, -0.05) is 11.6 Å². The lowest BCUT2D eigenvalue weighted by Gasteiger charge is -2.29. The number of likely N-dealkylation sites (N-methyl/N-ethyl adjacent to an activating group) is 1. The van der Waals surface area contributed by atoms with Gasteiger partial charge in [0.2, 0.25) is 5.91 Å². The largest absolute Gasteiger partial charge is 0.482 e. The van der Waals surface area contributed by atoms with Gasteiger partial charge in [0.25, 0.3) is 5.91 Å². The lowest BCUT2D eigenvalue weighted by molar-refractivity contribution is -0.130. The van der Waals surface area contributed by atoms with Crippen molar-refractivity contribution in [3.63, 3.8) is 0 Å². The first-order valence-electron chi connectivity index (χ1n) is 7.67. The smallest absolute Gasteiger partial charge is 0.259 e. The average Bonchev–Trinajstić information content (AvgIpc) is 2.54. The fourth-order valence-electron chi connectivity index (χ4n) is 2.21. The van der Waals surface area contributed by atoms with Crippen LogP contribution in [-0.4, -0.2) is 62.7 Å². The van der Waals surface area contributed by atoms with Gasteiger partial charge in [-0.2, -0.15) is 0 Å². The molecule has 1 aliphatic heterocycles. The standard InChI is InChI=1S/C16H22ClN3O4/c1-10-15(18-6-7-23-10)16(22)19-11-4-5-13(12(17)8-11)24-9-14(21)20(2)3/h4-5,8,10,15,18H,6-7,9H2,1-3H3,(H,19,22)/t10-,15+/m1/s1. The number of ether oxygens (including phenoxy) is 2. The minimum Gasteiger partial charge on any atom is -0.482 e. The summed E-state index contributed by atoms with van der Waals surface area (Å²) in [6, 6.07) is 4.47. The van der Waals surface area contributed by atoms with E-state index in [-0.39, 0.29) is 24.5 Å². The van der Waals surface area contributed by atoms with Gasteiger partial charge < -0.3 is 25.0 Å². The summed E-state index contributed by atoms with van der Waals surface area (Å²) >= 11 is 6.15. The molecule has 1 heterocycles. The summed E-state index contributed by atoms with van der Waals surface area (Å²) in [6.45, 7) is 2.98. The maximum atomic E-state index is 12.3. The zero-order chi connectivity index (χ0) is 17.7. The van der Waals surface area contributed by atoms with Crippen LogP contribution >= 0.6 is 11.6 Å². The van der Waals surface area contributed by atoms with E-state index < -0.39 is 6.04 Å².